The van der Waals surface area contributed by atoms with Crippen LogP contribution in [0.3, 0.4) is 0 Å². The molecule has 1 N–H and O–H groups in total. The van der Waals surface area contributed by atoms with Crippen LogP contribution in [0.5, 0.6) is 0 Å². The molecule has 1 atom stereocenters. The fourth-order valence-electron chi connectivity index (χ4n) is 1.68. The Kier molecular flexibility index (Phi) is 3.10. The summed E-state index contributed by atoms with van der Waals surface area (Å²) in [7, 11) is 1.20. The minimum atomic E-state index is -0.680. The summed E-state index contributed by atoms with van der Waals surface area (Å²) in [6, 6.07) is 3.48. The van der Waals surface area contributed by atoms with Crippen LogP contribution in [-0.4, -0.2) is 30.9 Å². The maximum Gasteiger partial charge on any atom is 0.338 e. The van der Waals surface area contributed by atoms with Gasteiger partial charge in [-0.2, -0.15) is 4.99 Å². The van der Waals surface area contributed by atoms with Crippen LogP contribution in [-0.2, 0) is 9.53 Å². The van der Waals surface area contributed by atoms with E-state index in [1.165, 1.54) is 25.3 Å². The van der Waals surface area contributed by atoms with Crippen molar-refractivity contribution in [3.8, 4) is 0 Å². The van der Waals surface area contributed by atoms with E-state index >= 15 is 0 Å². The molecular formula is C12H11FN2O3. The lowest BCUT2D eigenvalue weighted by Crippen LogP contribution is -2.31. The summed E-state index contributed by atoms with van der Waals surface area (Å²) in [6.45, 7) is 1.61. The van der Waals surface area contributed by atoms with E-state index in [0.29, 0.717) is 0 Å². The molecule has 94 valence electrons. The van der Waals surface area contributed by atoms with Gasteiger partial charge in [0.15, 0.2) is 0 Å². The Morgan fingerprint density at radius 1 is 1.50 bits per heavy atom. The summed E-state index contributed by atoms with van der Waals surface area (Å²) < 4.78 is 18.4. The Morgan fingerprint density at radius 3 is 2.78 bits per heavy atom. The molecular weight excluding hydrogens is 239 g/mol. The summed E-state index contributed by atoms with van der Waals surface area (Å²) in [6.07, 6.45) is 0. The molecule has 1 aromatic rings. The molecule has 1 amide bonds. The first kappa shape index (κ1) is 12.2. The third-order valence-corrected chi connectivity index (χ3v) is 2.60. The molecule has 5 nitrogen and oxygen atoms in total. The van der Waals surface area contributed by atoms with Crippen molar-refractivity contribution in [1.29, 1.82) is 0 Å². The number of rotatable bonds is 2. The van der Waals surface area contributed by atoms with E-state index in [4.69, 9.17) is 0 Å². The number of amides is 1. The van der Waals surface area contributed by atoms with Gasteiger partial charge in [0, 0.05) is 0 Å². The number of nitrogens with one attached hydrogen (secondary N) is 1. The number of hydrogen-bond donors (Lipinski definition) is 1. The predicted octanol–water partition coefficient (Wildman–Crippen LogP) is 0.877. The molecule has 0 aromatic heterocycles. The highest BCUT2D eigenvalue weighted by atomic mass is 19.1. The normalized spacial score (nSPS) is 18.3. The van der Waals surface area contributed by atoms with E-state index in [1.54, 1.807) is 6.92 Å². The van der Waals surface area contributed by atoms with Crippen molar-refractivity contribution in [2.75, 3.05) is 7.11 Å². The molecule has 6 heteroatoms. The summed E-state index contributed by atoms with van der Waals surface area (Å²) in [5.74, 6) is -1.65. The van der Waals surface area contributed by atoms with Crippen molar-refractivity contribution in [3.05, 3.63) is 35.1 Å². The molecule has 18 heavy (non-hydrogen) atoms. The molecule has 0 spiro atoms. The van der Waals surface area contributed by atoms with Crippen LogP contribution < -0.4 is 5.32 Å². The van der Waals surface area contributed by atoms with Crippen molar-refractivity contribution in [3.63, 3.8) is 0 Å². The molecule has 1 aliphatic rings. The summed E-state index contributed by atoms with van der Waals surface area (Å²) in [4.78, 5) is 26.6. The van der Waals surface area contributed by atoms with Gasteiger partial charge in [0.05, 0.1) is 18.2 Å². The Bertz CT molecular complexity index is 554. The minimum absolute atomic E-state index is 0.0330. The van der Waals surface area contributed by atoms with Gasteiger partial charge in [0.25, 0.3) is 5.91 Å². The fraction of sp³-hybridized carbons (Fsp3) is 0.250. The van der Waals surface area contributed by atoms with Gasteiger partial charge in [-0.05, 0) is 19.1 Å². The first-order valence-electron chi connectivity index (χ1n) is 5.31. The first-order valence-corrected chi connectivity index (χ1v) is 5.31. The average molecular weight is 250 g/mol. The Balaban J connectivity index is 2.54. The van der Waals surface area contributed by atoms with Crippen LogP contribution in [0.2, 0.25) is 0 Å². The maximum atomic E-state index is 13.8. The predicted molar refractivity (Wildman–Crippen MR) is 61.9 cm³/mol. The molecule has 1 heterocycles. The van der Waals surface area contributed by atoms with Crippen molar-refractivity contribution < 1.29 is 18.7 Å². The minimum Gasteiger partial charge on any atom is -0.465 e. The number of esters is 1. The summed E-state index contributed by atoms with van der Waals surface area (Å²) >= 11 is 0. The fourth-order valence-corrected chi connectivity index (χ4v) is 1.68. The molecule has 2 rings (SSSR count). The van der Waals surface area contributed by atoms with Crippen LogP contribution in [0.1, 0.15) is 22.8 Å². The monoisotopic (exact) mass is 250 g/mol. The number of ether oxygens (including phenoxy) is 1. The lowest BCUT2D eigenvalue weighted by atomic mass is 10.1. The zero-order valence-electron chi connectivity index (χ0n) is 9.86. The van der Waals surface area contributed by atoms with Gasteiger partial charge >= 0.3 is 5.97 Å². The Labute approximate surface area is 103 Å². The standard InChI is InChI=1S/C12H11FN2O3/c1-6-11(16)15-10(14-6)9-7(12(17)18-2)4-3-5-8(9)13/h3-6H,1-2H3,(H,14,15,16). The van der Waals surface area contributed by atoms with E-state index in [1.807, 2.05) is 0 Å². The molecule has 0 saturated heterocycles. The van der Waals surface area contributed by atoms with Crippen molar-refractivity contribution in [2.24, 2.45) is 4.99 Å². The smallest absolute Gasteiger partial charge is 0.338 e. The van der Waals surface area contributed by atoms with Gasteiger partial charge in [-0.3, -0.25) is 4.79 Å². The molecule has 0 radical (unpaired) electrons. The zero-order chi connectivity index (χ0) is 13.3. The van der Waals surface area contributed by atoms with Gasteiger partial charge in [0.1, 0.15) is 17.7 Å². The van der Waals surface area contributed by atoms with Crippen LogP contribution in [0, 0.1) is 5.82 Å². The second-order valence-corrected chi connectivity index (χ2v) is 3.82. The van der Waals surface area contributed by atoms with E-state index in [0.717, 1.165) is 0 Å². The first-order chi connectivity index (χ1) is 8.54. The van der Waals surface area contributed by atoms with Crippen LogP contribution >= 0.6 is 0 Å². The average Bonchev–Trinajstić information content (AvgIpc) is 2.68. The number of hydrogen-bond acceptors (Lipinski definition) is 4. The number of aliphatic imine (C=N–C) groups is 1. The number of halogens is 1. The summed E-state index contributed by atoms with van der Waals surface area (Å²) in [5.41, 5.74) is -0.00676. The molecule has 1 aliphatic heterocycles. The lowest BCUT2D eigenvalue weighted by Gasteiger charge is -2.10. The highest BCUT2D eigenvalue weighted by molar-refractivity contribution is 6.15. The second kappa shape index (κ2) is 4.56. The largest absolute Gasteiger partial charge is 0.465 e. The Morgan fingerprint density at radius 2 is 2.22 bits per heavy atom. The van der Waals surface area contributed by atoms with Crippen molar-refractivity contribution in [2.45, 2.75) is 13.0 Å². The van der Waals surface area contributed by atoms with E-state index in [2.05, 4.69) is 15.0 Å². The van der Waals surface area contributed by atoms with Crippen LogP contribution in [0.15, 0.2) is 23.2 Å². The maximum absolute atomic E-state index is 13.8. The quantitative estimate of drug-likeness (QED) is 0.791. The highest BCUT2D eigenvalue weighted by Crippen LogP contribution is 2.17. The van der Waals surface area contributed by atoms with Crippen LogP contribution in [0.25, 0.3) is 0 Å². The molecule has 0 bridgehead atoms. The number of carbonyl (C=O) groups excluding carboxylic acids is 2. The topological polar surface area (TPSA) is 67.8 Å². The number of carbonyl (C=O) groups is 2. The van der Waals surface area contributed by atoms with E-state index < -0.39 is 23.7 Å². The second-order valence-electron chi connectivity index (χ2n) is 3.82. The van der Waals surface area contributed by atoms with Gasteiger partial charge in [-0.1, -0.05) is 6.07 Å². The van der Waals surface area contributed by atoms with Crippen LogP contribution in [0.4, 0.5) is 4.39 Å². The molecule has 1 unspecified atom stereocenters. The van der Waals surface area contributed by atoms with E-state index in [-0.39, 0.29) is 17.0 Å². The molecule has 0 fully saturated rings. The van der Waals surface area contributed by atoms with Gasteiger partial charge in [0.2, 0.25) is 0 Å². The third kappa shape index (κ3) is 1.97. The number of amidine groups is 1. The van der Waals surface area contributed by atoms with Gasteiger partial charge in [-0.15, -0.1) is 0 Å². The van der Waals surface area contributed by atoms with E-state index in [9.17, 15) is 14.0 Å². The highest BCUT2D eigenvalue weighted by Gasteiger charge is 2.28. The van der Waals surface area contributed by atoms with Gasteiger partial charge < -0.3 is 10.1 Å². The molecule has 0 aliphatic carbocycles. The SMILES string of the molecule is COC(=O)c1cccc(F)c1C1=NC(=O)C(C)N1. The summed E-state index contributed by atoms with van der Waals surface area (Å²) in [5, 5.41) is 2.73. The van der Waals surface area contributed by atoms with Gasteiger partial charge in [-0.25, -0.2) is 9.18 Å². The number of benzene rings is 1. The molecule has 1 aromatic carbocycles. The third-order valence-electron chi connectivity index (χ3n) is 2.60. The molecule has 0 saturated carbocycles. The lowest BCUT2D eigenvalue weighted by molar-refractivity contribution is -0.118. The van der Waals surface area contributed by atoms with Crippen molar-refractivity contribution in [1.82, 2.24) is 5.32 Å². The van der Waals surface area contributed by atoms with Crippen molar-refractivity contribution >= 4 is 17.7 Å². The number of nitrogens with zero attached hydrogens (tertiary/aromatic N) is 1. The number of methoxy groups -OCH3 is 1. The zero-order valence-corrected chi connectivity index (χ0v) is 9.86. The Hall–Kier alpha value is -2.24.